The third-order valence-electron chi connectivity index (χ3n) is 3.14. The molecule has 1 N–H and O–H groups in total. The second-order valence-corrected chi connectivity index (χ2v) is 4.43. The van der Waals surface area contributed by atoms with Crippen LogP contribution in [0.4, 0.5) is 15.8 Å². The highest BCUT2D eigenvalue weighted by Crippen LogP contribution is 2.32. The minimum atomic E-state index is -0.586. The monoisotopic (exact) mass is 259 g/mol. The van der Waals surface area contributed by atoms with Crippen molar-refractivity contribution in [2.75, 3.05) is 11.4 Å². The minimum Gasteiger partial charge on any atom is -0.389 e. The molecule has 0 spiro atoms. The van der Waals surface area contributed by atoms with Gasteiger partial charge in [0.1, 0.15) is 5.82 Å². The van der Waals surface area contributed by atoms with Gasteiger partial charge in [0.25, 0.3) is 0 Å². The van der Waals surface area contributed by atoms with Gasteiger partial charge in [-0.3, -0.25) is 0 Å². The molecule has 0 saturated carbocycles. The van der Waals surface area contributed by atoms with E-state index < -0.39 is 6.10 Å². The fraction of sp³-hybridized carbons (Fsp3) is 0.250. The number of benzene rings is 2. The van der Waals surface area contributed by atoms with Gasteiger partial charge in [0.15, 0.2) is 0 Å². The summed E-state index contributed by atoms with van der Waals surface area (Å²) in [5, 5.41) is 9.84. The Balaban J connectivity index is 2.52. The van der Waals surface area contributed by atoms with Gasteiger partial charge in [-0.05, 0) is 32.0 Å². The van der Waals surface area contributed by atoms with Crippen molar-refractivity contribution in [2.24, 2.45) is 0 Å². The number of aliphatic hydroxyl groups excluding tert-OH is 1. The van der Waals surface area contributed by atoms with Gasteiger partial charge < -0.3 is 10.0 Å². The molecule has 2 aromatic rings. The maximum absolute atomic E-state index is 13.9. The first-order valence-electron chi connectivity index (χ1n) is 6.44. The molecular formula is C16H18FNO. The Morgan fingerprint density at radius 2 is 1.63 bits per heavy atom. The molecule has 0 aliphatic heterocycles. The first-order chi connectivity index (χ1) is 9.15. The van der Waals surface area contributed by atoms with Crippen LogP contribution < -0.4 is 4.90 Å². The van der Waals surface area contributed by atoms with Crippen LogP contribution in [0.3, 0.4) is 0 Å². The molecule has 0 aliphatic carbocycles. The van der Waals surface area contributed by atoms with E-state index in [2.05, 4.69) is 0 Å². The third-order valence-corrected chi connectivity index (χ3v) is 3.14. The summed E-state index contributed by atoms with van der Waals surface area (Å²) in [6, 6.07) is 14.2. The Morgan fingerprint density at radius 3 is 2.21 bits per heavy atom. The van der Waals surface area contributed by atoms with Gasteiger partial charge >= 0.3 is 0 Å². The number of anilines is 2. The molecule has 2 aromatic carbocycles. The lowest BCUT2D eigenvalue weighted by Crippen LogP contribution is -2.19. The summed E-state index contributed by atoms with van der Waals surface area (Å²) in [6.07, 6.45) is -0.586. The molecule has 100 valence electrons. The van der Waals surface area contributed by atoms with Crippen LogP contribution in [0.2, 0.25) is 0 Å². The van der Waals surface area contributed by atoms with Gasteiger partial charge in [0.2, 0.25) is 0 Å². The summed E-state index contributed by atoms with van der Waals surface area (Å²) < 4.78 is 13.9. The molecule has 2 rings (SSSR count). The predicted molar refractivity (Wildman–Crippen MR) is 76.2 cm³/mol. The van der Waals surface area contributed by atoms with Crippen LogP contribution in [0.15, 0.2) is 48.5 Å². The highest BCUT2D eigenvalue weighted by atomic mass is 19.1. The number of hydrogen-bond acceptors (Lipinski definition) is 2. The molecule has 0 bridgehead atoms. The Kier molecular flexibility index (Phi) is 4.17. The molecule has 0 aliphatic rings. The van der Waals surface area contributed by atoms with Gasteiger partial charge in [-0.1, -0.05) is 30.3 Å². The van der Waals surface area contributed by atoms with Gasteiger partial charge in [-0.15, -0.1) is 0 Å². The molecule has 0 unspecified atom stereocenters. The lowest BCUT2D eigenvalue weighted by atomic mass is 10.1. The van der Waals surface area contributed by atoms with Crippen molar-refractivity contribution in [3.05, 3.63) is 59.9 Å². The third kappa shape index (κ3) is 2.76. The molecule has 3 heteroatoms. The van der Waals surface area contributed by atoms with Gasteiger partial charge in [0.05, 0.1) is 11.8 Å². The van der Waals surface area contributed by atoms with Crippen LogP contribution in [0, 0.1) is 5.82 Å². The van der Waals surface area contributed by atoms with Gasteiger partial charge in [0, 0.05) is 17.8 Å². The quantitative estimate of drug-likeness (QED) is 0.895. The summed E-state index contributed by atoms with van der Waals surface area (Å²) in [5.41, 5.74) is 2.16. The maximum atomic E-state index is 13.9. The largest absolute Gasteiger partial charge is 0.389 e. The molecule has 0 fully saturated rings. The molecule has 1 atom stereocenters. The highest BCUT2D eigenvalue weighted by molar-refractivity contribution is 5.67. The summed E-state index contributed by atoms with van der Waals surface area (Å²) in [5.74, 6) is -0.259. The van der Waals surface area contributed by atoms with Crippen LogP contribution in [0.25, 0.3) is 0 Å². The van der Waals surface area contributed by atoms with E-state index in [1.165, 1.54) is 6.07 Å². The normalized spacial score (nSPS) is 12.2. The Labute approximate surface area is 113 Å². The van der Waals surface area contributed by atoms with Crippen molar-refractivity contribution in [3.63, 3.8) is 0 Å². The van der Waals surface area contributed by atoms with E-state index in [1.54, 1.807) is 19.1 Å². The predicted octanol–water partition coefficient (Wildman–Crippen LogP) is 4.04. The van der Waals surface area contributed by atoms with Crippen LogP contribution in [-0.2, 0) is 0 Å². The van der Waals surface area contributed by atoms with E-state index in [-0.39, 0.29) is 5.82 Å². The fourth-order valence-electron chi connectivity index (χ4n) is 2.23. The number of hydrogen-bond donors (Lipinski definition) is 1. The van der Waals surface area contributed by atoms with Crippen LogP contribution in [0.1, 0.15) is 25.5 Å². The number of rotatable bonds is 4. The molecule has 0 heterocycles. The zero-order valence-electron chi connectivity index (χ0n) is 11.2. The van der Waals surface area contributed by atoms with Crippen molar-refractivity contribution in [3.8, 4) is 0 Å². The van der Waals surface area contributed by atoms with Crippen LogP contribution >= 0.6 is 0 Å². The highest BCUT2D eigenvalue weighted by Gasteiger charge is 2.16. The average Bonchev–Trinajstić information content (AvgIpc) is 2.42. The zero-order valence-corrected chi connectivity index (χ0v) is 11.2. The van der Waals surface area contributed by atoms with Crippen molar-refractivity contribution in [1.29, 1.82) is 0 Å². The smallest absolute Gasteiger partial charge is 0.146 e. The number of para-hydroxylation sites is 2. The van der Waals surface area contributed by atoms with E-state index in [0.29, 0.717) is 12.2 Å². The number of aliphatic hydroxyl groups is 1. The lowest BCUT2D eigenvalue weighted by Gasteiger charge is -2.27. The molecule has 0 saturated heterocycles. The van der Waals surface area contributed by atoms with Gasteiger partial charge in [-0.25, -0.2) is 4.39 Å². The first-order valence-corrected chi connectivity index (χ1v) is 6.44. The number of nitrogens with zero attached hydrogens (tertiary/aromatic N) is 1. The second kappa shape index (κ2) is 5.85. The zero-order chi connectivity index (χ0) is 13.8. The van der Waals surface area contributed by atoms with Crippen molar-refractivity contribution >= 4 is 11.4 Å². The number of halogens is 1. The topological polar surface area (TPSA) is 23.5 Å². The molecule has 19 heavy (non-hydrogen) atoms. The Hall–Kier alpha value is -1.87. The van der Waals surface area contributed by atoms with E-state index in [9.17, 15) is 9.50 Å². The van der Waals surface area contributed by atoms with Gasteiger partial charge in [-0.2, -0.15) is 0 Å². The fourth-order valence-corrected chi connectivity index (χ4v) is 2.23. The summed E-state index contributed by atoms with van der Waals surface area (Å²) >= 11 is 0. The summed E-state index contributed by atoms with van der Waals surface area (Å²) in [4.78, 5) is 1.87. The van der Waals surface area contributed by atoms with E-state index in [4.69, 9.17) is 0 Å². The molecule has 0 radical (unpaired) electrons. The molecular weight excluding hydrogens is 241 g/mol. The Bertz CT molecular complexity index is 554. The second-order valence-electron chi connectivity index (χ2n) is 4.43. The Morgan fingerprint density at radius 1 is 1.05 bits per heavy atom. The molecule has 0 aromatic heterocycles. The van der Waals surface area contributed by atoms with Crippen LogP contribution in [-0.4, -0.2) is 11.7 Å². The van der Waals surface area contributed by atoms with Crippen molar-refractivity contribution in [1.82, 2.24) is 0 Å². The average molecular weight is 259 g/mol. The molecule has 2 nitrogen and oxygen atoms in total. The van der Waals surface area contributed by atoms with Crippen LogP contribution in [0.5, 0.6) is 0 Å². The SMILES string of the molecule is CCN(c1ccccc1F)c1ccccc1[C@@H](C)O. The summed E-state index contributed by atoms with van der Waals surface area (Å²) in [7, 11) is 0. The van der Waals surface area contributed by atoms with E-state index in [0.717, 1.165) is 11.3 Å². The van der Waals surface area contributed by atoms with Crippen molar-refractivity contribution in [2.45, 2.75) is 20.0 Å². The molecule has 0 amide bonds. The van der Waals surface area contributed by atoms with E-state index >= 15 is 0 Å². The lowest BCUT2D eigenvalue weighted by molar-refractivity contribution is 0.199. The standard InChI is InChI=1S/C16H18FNO/c1-3-18(16-11-7-5-9-14(16)17)15-10-6-4-8-13(15)12(2)19/h4-12,19H,3H2,1-2H3/t12-/m1/s1. The summed E-state index contributed by atoms with van der Waals surface area (Å²) in [6.45, 7) is 4.31. The van der Waals surface area contributed by atoms with Crippen molar-refractivity contribution < 1.29 is 9.50 Å². The maximum Gasteiger partial charge on any atom is 0.146 e. The minimum absolute atomic E-state index is 0.259. The van der Waals surface area contributed by atoms with E-state index in [1.807, 2.05) is 42.2 Å². The first kappa shape index (κ1) is 13.6.